The van der Waals surface area contributed by atoms with Gasteiger partial charge in [0, 0.05) is 11.6 Å². The minimum atomic E-state index is -0.417. The van der Waals surface area contributed by atoms with Crippen molar-refractivity contribution in [2.75, 3.05) is 26.2 Å². The van der Waals surface area contributed by atoms with E-state index in [1.54, 1.807) is 6.07 Å². The van der Waals surface area contributed by atoms with Crippen LogP contribution in [-0.2, 0) is 4.79 Å². The molecule has 2 N–H and O–H groups in total. The van der Waals surface area contributed by atoms with Crippen LogP contribution in [0.1, 0.15) is 35.8 Å². The zero-order valence-corrected chi connectivity index (χ0v) is 17.6. The highest BCUT2D eigenvalue weighted by Crippen LogP contribution is 2.21. The fourth-order valence-electron chi connectivity index (χ4n) is 3.00. The number of nitrogens with zero attached hydrogens (tertiary/aromatic N) is 1. The molecule has 2 rings (SSSR count). The average molecular weight is 422 g/mol. The molecule has 0 spiro atoms. The Bertz CT molecular complexity index is 795. The van der Waals surface area contributed by atoms with Gasteiger partial charge in [-0.25, -0.2) is 0 Å². The summed E-state index contributed by atoms with van der Waals surface area (Å²) in [4.78, 5) is 26.7. The molecule has 0 aliphatic rings. The number of carbonyl (C=O) groups is 2. The predicted molar refractivity (Wildman–Crippen MR) is 114 cm³/mol. The zero-order chi connectivity index (χ0) is 20.5. The monoisotopic (exact) mass is 421 g/mol. The van der Waals surface area contributed by atoms with Crippen LogP contribution < -0.4 is 10.6 Å². The van der Waals surface area contributed by atoms with Crippen molar-refractivity contribution in [1.82, 2.24) is 15.5 Å². The van der Waals surface area contributed by atoms with Crippen molar-refractivity contribution in [3.63, 3.8) is 0 Å². The molecule has 0 radical (unpaired) electrons. The van der Waals surface area contributed by atoms with Gasteiger partial charge in [0.1, 0.15) is 0 Å². The number of hydrogen-bond acceptors (Lipinski definition) is 3. The van der Waals surface area contributed by atoms with Crippen molar-refractivity contribution in [3.05, 3.63) is 69.7 Å². The van der Waals surface area contributed by atoms with E-state index in [4.69, 9.17) is 23.2 Å². The van der Waals surface area contributed by atoms with E-state index in [1.165, 1.54) is 12.1 Å². The molecule has 0 aliphatic heterocycles. The number of benzene rings is 2. The second kappa shape index (κ2) is 11.1. The Labute approximate surface area is 176 Å². The third kappa shape index (κ3) is 6.23. The lowest BCUT2D eigenvalue weighted by molar-refractivity contribution is -0.120. The average Bonchev–Trinajstić information content (AvgIpc) is 2.70. The molecular weight excluding hydrogens is 397 g/mol. The van der Waals surface area contributed by atoms with Crippen LogP contribution >= 0.6 is 23.2 Å². The van der Waals surface area contributed by atoms with E-state index in [9.17, 15) is 9.59 Å². The molecule has 150 valence electrons. The van der Waals surface area contributed by atoms with Gasteiger partial charge in [0.05, 0.1) is 23.2 Å². The molecule has 0 heterocycles. The summed E-state index contributed by atoms with van der Waals surface area (Å²) in [5.74, 6) is -0.674. The molecule has 1 unspecified atom stereocenters. The van der Waals surface area contributed by atoms with E-state index in [0.717, 1.165) is 18.7 Å². The van der Waals surface area contributed by atoms with Crippen LogP contribution in [0.5, 0.6) is 0 Å². The summed E-state index contributed by atoms with van der Waals surface area (Å²) in [6.45, 7) is 6.27. The largest absolute Gasteiger partial charge is 0.353 e. The first-order valence-electron chi connectivity index (χ1n) is 9.25. The van der Waals surface area contributed by atoms with Gasteiger partial charge in [0.15, 0.2) is 0 Å². The Morgan fingerprint density at radius 2 is 1.68 bits per heavy atom. The number of carbonyl (C=O) groups excluding carboxylic acids is 2. The maximum absolute atomic E-state index is 12.3. The van der Waals surface area contributed by atoms with E-state index in [2.05, 4.69) is 41.5 Å². The third-order valence-electron chi connectivity index (χ3n) is 4.52. The maximum atomic E-state index is 12.3. The molecule has 7 heteroatoms. The van der Waals surface area contributed by atoms with Crippen molar-refractivity contribution in [1.29, 1.82) is 0 Å². The Balaban J connectivity index is 1.93. The Hall–Kier alpha value is -2.08. The third-order valence-corrected chi connectivity index (χ3v) is 5.06. The van der Waals surface area contributed by atoms with Crippen molar-refractivity contribution in [2.45, 2.75) is 19.9 Å². The number of amides is 2. The van der Waals surface area contributed by atoms with Gasteiger partial charge in [0.25, 0.3) is 5.91 Å². The van der Waals surface area contributed by atoms with E-state index in [-0.39, 0.29) is 29.1 Å². The molecule has 0 aromatic heterocycles. The van der Waals surface area contributed by atoms with Gasteiger partial charge in [-0.2, -0.15) is 0 Å². The van der Waals surface area contributed by atoms with Gasteiger partial charge in [-0.05, 0) is 36.9 Å². The van der Waals surface area contributed by atoms with Crippen molar-refractivity contribution in [3.8, 4) is 0 Å². The normalized spacial score (nSPS) is 11.9. The number of likely N-dealkylation sites (N-methyl/N-ethyl adjacent to an activating group) is 1. The van der Waals surface area contributed by atoms with Crippen LogP contribution in [0.15, 0.2) is 48.5 Å². The lowest BCUT2D eigenvalue weighted by Crippen LogP contribution is -2.42. The summed E-state index contributed by atoms with van der Waals surface area (Å²) in [6.07, 6.45) is 0. The maximum Gasteiger partial charge on any atom is 0.253 e. The second-order valence-corrected chi connectivity index (χ2v) is 7.10. The molecule has 5 nitrogen and oxygen atoms in total. The van der Waals surface area contributed by atoms with Crippen molar-refractivity contribution in [2.24, 2.45) is 0 Å². The number of nitrogens with one attached hydrogen (secondary N) is 2. The molecule has 0 fully saturated rings. The second-order valence-electron chi connectivity index (χ2n) is 6.26. The standard InChI is InChI=1S/C21H25Cl2N3O2/c1-3-26(4-2)19(15-8-6-5-7-9-15)13-24-20(27)14-25-21(28)17-11-10-16(22)12-18(17)23/h5-12,19H,3-4,13-14H2,1-2H3,(H,24,27)(H,25,28). The van der Waals surface area contributed by atoms with Gasteiger partial charge in [-0.3, -0.25) is 14.5 Å². The minimum absolute atomic E-state index is 0.0709. The molecule has 0 saturated heterocycles. The topological polar surface area (TPSA) is 61.4 Å². The number of hydrogen-bond donors (Lipinski definition) is 2. The SMILES string of the molecule is CCN(CC)C(CNC(=O)CNC(=O)c1ccc(Cl)cc1Cl)c1ccccc1. The Morgan fingerprint density at radius 3 is 2.29 bits per heavy atom. The minimum Gasteiger partial charge on any atom is -0.353 e. The van der Waals surface area contributed by atoms with E-state index < -0.39 is 5.91 Å². The molecule has 1 atom stereocenters. The van der Waals surface area contributed by atoms with Gasteiger partial charge in [0.2, 0.25) is 5.91 Å². The smallest absolute Gasteiger partial charge is 0.253 e. The summed E-state index contributed by atoms with van der Waals surface area (Å²) in [6, 6.07) is 14.7. The first-order valence-corrected chi connectivity index (χ1v) is 10.0. The molecule has 2 aromatic carbocycles. The molecule has 2 amide bonds. The van der Waals surface area contributed by atoms with Gasteiger partial charge < -0.3 is 10.6 Å². The van der Waals surface area contributed by atoms with Gasteiger partial charge in [-0.1, -0.05) is 67.4 Å². The van der Waals surface area contributed by atoms with Crippen LogP contribution in [0.2, 0.25) is 10.0 Å². The molecule has 2 aromatic rings. The van der Waals surface area contributed by atoms with Gasteiger partial charge in [-0.15, -0.1) is 0 Å². The lowest BCUT2D eigenvalue weighted by atomic mass is 10.1. The molecule has 0 saturated carbocycles. The fourth-order valence-corrected chi connectivity index (χ4v) is 3.49. The Morgan fingerprint density at radius 1 is 1.00 bits per heavy atom. The predicted octanol–water partition coefficient (Wildman–Crippen LogP) is 3.92. The van der Waals surface area contributed by atoms with Crippen molar-refractivity contribution >= 4 is 35.0 Å². The molecule has 0 bridgehead atoms. The fraction of sp³-hybridized carbons (Fsp3) is 0.333. The highest BCUT2D eigenvalue weighted by atomic mass is 35.5. The Kier molecular flexibility index (Phi) is 8.77. The molecule has 28 heavy (non-hydrogen) atoms. The van der Waals surface area contributed by atoms with Crippen LogP contribution in [-0.4, -0.2) is 42.9 Å². The summed E-state index contributed by atoms with van der Waals surface area (Å²) >= 11 is 11.9. The summed E-state index contributed by atoms with van der Waals surface area (Å²) in [5.41, 5.74) is 1.42. The number of rotatable bonds is 9. The first-order chi connectivity index (χ1) is 13.5. The first kappa shape index (κ1) is 22.2. The quantitative estimate of drug-likeness (QED) is 0.644. The molecule has 0 aliphatic carbocycles. The van der Waals surface area contributed by atoms with Crippen LogP contribution in [0, 0.1) is 0 Å². The van der Waals surface area contributed by atoms with Crippen LogP contribution in [0.4, 0.5) is 0 Å². The summed E-state index contributed by atoms with van der Waals surface area (Å²) in [7, 11) is 0. The molecular formula is C21H25Cl2N3O2. The lowest BCUT2D eigenvalue weighted by Gasteiger charge is -2.30. The van der Waals surface area contributed by atoms with Crippen molar-refractivity contribution < 1.29 is 9.59 Å². The summed E-state index contributed by atoms with van der Waals surface area (Å²) < 4.78 is 0. The zero-order valence-electron chi connectivity index (χ0n) is 16.0. The summed E-state index contributed by atoms with van der Waals surface area (Å²) in [5, 5.41) is 6.19. The van der Waals surface area contributed by atoms with E-state index in [1.807, 2.05) is 18.2 Å². The van der Waals surface area contributed by atoms with E-state index in [0.29, 0.717) is 11.6 Å². The van der Waals surface area contributed by atoms with Gasteiger partial charge >= 0.3 is 0 Å². The highest BCUT2D eigenvalue weighted by Gasteiger charge is 2.19. The van der Waals surface area contributed by atoms with Crippen LogP contribution in [0.25, 0.3) is 0 Å². The van der Waals surface area contributed by atoms with E-state index >= 15 is 0 Å². The van der Waals surface area contributed by atoms with Crippen LogP contribution in [0.3, 0.4) is 0 Å². The highest BCUT2D eigenvalue weighted by molar-refractivity contribution is 6.36. The number of halogens is 2.